The van der Waals surface area contributed by atoms with Crippen molar-refractivity contribution in [2.75, 3.05) is 0 Å². The van der Waals surface area contributed by atoms with Crippen molar-refractivity contribution in [3.63, 3.8) is 0 Å². The Hall–Kier alpha value is -2.35. The van der Waals surface area contributed by atoms with Crippen molar-refractivity contribution in [3.05, 3.63) is 70.2 Å². The number of carbonyl (C=O) groups is 1. The largest absolute Gasteiger partial charge is 0.381 e. The van der Waals surface area contributed by atoms with E-state index in [2.05, 4.69) is 11.4 Å². The van der Waals surface area contributed by atoms with Gasteiger partial charge in [-0.05, 0) is 62.6 Å². The molecule has 0 bridgehead atoms. The summed E-state index contributed by atoms with van der Waals surface area (Å²) in [6, 6.07) is 16.9. The maximum absolute atomic E-state index is 12.2. The second-order valence-corrected chi connectivity index (χ2v) is 7.43. The highest BCUT2D eigenvalue weighted by molar-refractivity contribution is 6.30. The molecule has 0 fully saturated rings. The molecule has 2 aromatic carbocycles. The topological polar surface area (TPSA) is 73.1 Å². The summed E-state index contributed by atoms with van der Waals surface area (Å²) in [6.45, 7) is 4.82. The lowest BCUT2D eigenvalue weighted by Crippen LogP contribution is -2.47. The molecule has 2 N–H and O–H groups in total. The third-order valence-electron chi connectivity index (χ3n) is 4.33. The van der Waals surface area contributed by atoms with E-state index in [4.69, 9.17) is 11.6 Å². The van der Waals surface area contributed by atoms with Crippen molar-refractivity contribution in [2.24, 2.45) is 0 Å². The van der Waals surface area contributed by atoms with Crippen LogP contribution in [-0.2, 0) is 11.2 Å². The Morgan fingerprint density at radius 3 is 2.50 bits per heavy atom. The van der Waals surface area contributed by atoms with Crippen LogP contribution in [0.2, 0.25) is 5.02 Å². The lowest BCUT2D eigenvalue weighted by Gasteiger charge is -2.28. The second-order valence-electron chi connectivity index (χ2n) is 7.00. The number of aliphatic hydroxyl groups is 1. The molecule has 0 heterocycles. The van der Waals surface area contributed by atoms with Gasteiger partial charge in [0.25, 0.3) is 5.91 Å². The molecule has 0 aliphatic heterocycles. The molecule has 2 aromatic rings. The summed E-state index contributed by atoms with van der Waals surface area (Å²) in [4.78, 5) is 12.2. The van der Waals surface area contributed by atoms with E-state index in [0.29, 0.717) is 17.0 Å². The summed E-state index contributed by atoms with van der Waals surface area (Å²) in [5.41, 5.74) is 1.16. The van der Waals surface area contributed by atoms with E-state index in [1.54, 1.807) is 6.07 Å². The van der Waals surface area contributed by atoms with Gasteiger partial charge in [0, 0.05) is 17.0 Å². The minimum Gasteiger partial charge on any atom is -0.381 e. The second kappa shape index (κ2) is 8.35. The molecule has 0 saturated carbocycles. The highest BCUT2D eigenvalue weighted by atomic mass is 35.5. The summed E-state index contributed by atoms with van der Waals surface area (Å²) < 4.78 is 0. The first-order valence-corrected chi connectivity index (χ1v) is 8.86. The predicted molar refractivity (Wildman–Crippen MR) is 103 cm³/mol. The van der Waals surface area contributed by atoms with Gasteiger partial charge in [0.05, 0.1) is 11.6 Å². The van der Waals surface area contributed by atoms with Gasteiger partial charge in [0.2, 0.25) is 0 Å². The predicted octanol–water partition coefficient (Wildman–Crippen LogP) is 3.81. The summed E-state index contributed by atoms with van der Waals surface area (Å²) in [5.74, 6) is -0.488. The molecule has 0 radical (unpaired) electrons. The number of amides is 1. The van der Waals surface area contributed by atoms with E-state index < -0.39 is 11.5 Å². The van der Waals surface area contributed by atoms with E-state index in [-0.39, 0.29) is 12.0 Å². The number of hydrogen-bond acceptors (Lipinski definition) is 3. The zero-order valence-corrected chi connectivity index (χ0v) is 15.9. The van der Waals surface area contributed by atoms with Crippen LogP contribution in [0.25, 0.3) is 0 Å². The van der Waals surface area contributed by atoms with E-state index in [0.717, 1.165) is 11.1 Å². The van der Waals surface area contributed by atoms with Gasteiger partial charge in [-0.2, -0.15) is 5.26 Å². The zero-order valence-electron chi connectivity index (χ0n) is 15.2. The van der Waals surface area contributed by atoms with Crippen molar-refractivity contribution in [3.8, 4) is 6.07 Å². The molecule has 2 atom stereocenters. The van der Waals surface area contributed by atoms with Crippen molar-refractivity contribution in [2.45, 2.75) is 44.8 Å². The van der Waals surface area contributed by atoms with Crippen LogP contribution in [0.3, 0.4) is 0 Å². The average Bonchev–Trinajstić information content (AvgIpc) is 2.60. The van der Waals surface area contributed by atoms with Gasteiger partial charge < -0.3 is 10.4 Å². The summed E-state index contributed by atoms with van der Waals surface area (Å²) in [6.07, 6.45) is 0.666. The van der Waals surface area contributed by atoms with Gasteiger partial charge in [0.1, 0.15) is 5.60 Å². The Morgan fingerprint density at radius 1 is 1.27 bits per heavy atom. The molecular weight excluding hydrogens is 348 g/mol. The standard InChI is InChI=1S/C21H23ClN2O2/c1-14(24-20(25)21(2,3)26)19(12-15-7-9-18(22)10-8-15)17-6-4-5-16(11-17)13-23/h4-11,14,19,26H,12H2,1-3H3,(H,24,25). The number of nitrogens with one attached hydrogen (secondary N) is 1. The minimum absolute atomic E-state index is 0.0595. The first kappa shape index (κ1) is 20.0. The van der Waals surface area contributed by atoms with Crippen molar-refractivity contribution >= 4 is 17.5 Å². The Balaban J connectivity index is 2.32. The van der Waals surface area contributed by atoms with Crippen LogP contribution in [0.4, 0.5) is 0 Å². The molecule has 5 heteroatoms. The number of nitriles is 1. The highest BCUT2D eigenvalue weighted by Gasteiger charge is 2.28. The van der Waals surface area contributed by atoms with Crippen LogP contribution in [0, 0.1) is 11.3 Å². The van der Waals surface area contributed by atoms with Gasteiger partial charge >= 0.3 is 0 Å². The van der Waals surface area contributed by atoms with Crippen molar-refractivity contribution in [1.29, 1.82) is 5.26 Å². The smallest absolute Gasteiger partial charge is 0.251 e. The molecule has 1 amide bonds. The summed E-state index contributed by atoms with van der Waals surface area (Å²) in [5, 5.41) is 22.7. The summed E-state index contributed by atoms with van der Waals surface area (Å²) >= 11 is 5.97. The molecular formula is C21H23ClN2O2. The molecule has 2 unspecified atom stereocenters. The lowest BCUT2D eigenvalue weighted by molar-refractivity contribution is -0.137. The van der Waals surface area contributed by atoms with E-state index in [1.807, 2.05) is 49.4 Å². The van der Waals surface area contributed by atoms with Crippen LogP contribution >= 0.6 is 11.6 Å². The fraction of sp³-hybridized carbons (Fsp3) is 0.333. The fourth-order valence-electron chi connectivity index (χ4n) is 2.78. The van der Waals surface area contributed by atoms with Crippen molar-refractivity contribution in [1.82, 2.24) is 5.32 Å². The van der Waals surface area contributed by atoms with Gasteiger partial charge in [-0.15, -0.1) is 0 Å². The van der Waals surface area contributed by atoms with Crippen LogP contribution in [0.5, 0.6) is 0 Å². The average molecular weight is 371 g/mol. The molecule has 0 spiro atoms. The molecule has 136 valence electrons. The highest BCUT2D eigenvalue weighted by Crippen LogP contribution is 2.26. The van der Waals surface area contributed by atoms with Crippen molar-refractivity contribution < 1.29 is 9.90 Å². The number of carbonyl (C=O) groups excluding carboxylic acids is 1. The van der Waals surface area contributed by atoms with Gasteiger partial charge in [-0.25, -0.2) is 0 Å². The first-order valence-electron chi connectivity index (χ1n) is 8.48. The monoisotopic (exact) mass is 370 g/mol. The fourth-order valence-corrected chi connectivity index (χ4v) is 2.91. The molecule has 0 saturated heterocycles. The Kier molecular flexibility index (Phi) is 6.42. The van der Waals surface area contributed by atoms with E-state index >= 15 is 0 Å². The molecule has 4 nitrogen and oxygen atoms in total. The number of hydrogen-bond donors (Lipinski definition) is 2. The molecule has 0 aliphatic carbocycles. The molecule has 2 rings (SSSR count). The number of benzene rings is 2. The van der Waals surface area contributed by atoms with Crippen LogP contribution < -0.4 is 5.32 Å². The minimum atomic E-state index is -1.45. The molecule has 0 aliphatic rings. The summed E-state index contributed by atoms with van der Waals surface area (Å²) in [7, 11) is 0. The Morgan fingerprint density at radius 2 is 1.92 bits per heavy atom. The van der Waals surface area contributed by atoms with Crippen LogP contribution in [0.1, 0.15) is 43.4 Å². The van der Waals surface area contributed by atoms with Gasteiger partial charge in [-0.1, -0.05) is 35.9 Å². The normalized spacial score (nSPS) is 13.5. The van der Waals surface area contributed by atoms with Crippen LogP contribution in [0.15, 0.2) is 48.5 Å². The van der Waals surface area contributed by atoms with E-state index in [9.17, 15) is 15.2 Å². The SMILES string of the molecule is CC(NC(=O)C(C)(C)O)C(Cc1ccc(Cl)cc1)c1cccc(C#N)c1. The maximum Gasteiger partial charge on any atom is 0.251 e. The lowest BCUT2D eigenvalue weighted by atomic mass is 9.85. The van der Waals surface area contributed by atoms with E-state index in [1.165, 1.54) is 13.8 Å². The zero-order chi connectivity index (χ0) is 19.3. The van der Waals surface area contributed by atoms with Gasteiger partial charge in [-0.3, -0.25) is 4.79 Å². The van der Waals surface area contributed by atoms with Gasteiger partial charge in [0.15, 0.2) is 0 Å². The molecule has 0 aromatic heterocycles. The number of nitrogens with zero attached hydrogens (tertiary/aromatic N) is 1. The Bertz CT molecular complexity index is 804. The third-order valence-corrected chi connectivity index (χ3v) is 4.58. The Labute approximate surface area is 159 Å². The quantitative estimate of drug-likeness (QED) is 0.811. The number of halogens is 1. The molecule has 26 heavy (non-hydrogen) atoms. The first-order chi connectivity index (χ1) is 12.2. The third kappa shape index (κ3) is 5.32. The number of rotatable bonds is 6. The van der Waals surface area contributed by atoms with Crippen LogP contribution in [-0.4, -0.2) is 22.7 Å². The maximum atomic E-state index is 12.2.